The lowest BCUT2D eigenvalue weighted by atomic mass is 9.73. The molecule has 1 amide bonds. The smallest absolute Gasteiger partial charge is 0.254 e. The number of likely N-dealkylation sites (tertiary alicyclic amines) is 1. The van der Waals surface area contributed by atoms with Gasteiger partial charge in [0.1, 0.15) is 5.75 Å². The summed E-state index contributed by atoms with van der Waals surface area (Å²) >= 11 is 0. The number of amides is 1. The molecule has 2 aliphatic rings. The van der Waals surface area contributed by atoms with Gasteiger partial charge in [0, 0.05) is 35.7 Å². The van der Waals surface area contributed by atoms with E-state index in [2.05, 4.69) is 31.1 Å². The third-order valence-corrected chi connectivity index (χ3v) is 6.93. The maximum absolute atomic E-state index is 13.6. The molecule has 6 rings (SSSR count). The molecule has 7 nitrogen and oxygen atoms in total. The Kier molecular flexibility index (Phi) is 4.82. The maximum atomic E-state index is 13.6. The molecule has 0 unspecified atom stereocenters. The number of ether oxygens (including phenoxy) is 1. The largest absolute Gasteiger partial charge is 0.437 e. The van der Waals surface area contributed by atoms with Crippen molar-refractivity contribution >= 4 is 16.9 Å². The van der Waals surface area contributed by atoms with Crippen molar-refractivity contribution in [2.45, 2.75) is 44.6 Å². The van der Waals surface area contributed by atoms with Gasteiger partial charge in [-0.05, 0) is 68.5 Å². The molecule has 166 valence electrons. The van der Waals surface area contributed by atoms with Gasteiger partial charge in [0.05, 0.1) is 23.1 Å². The predicted octanol–water partition coefficient (Wildman–Crippen LogP) is 4.79. The van der Waals surface area contributed by atoms with Gasteiger partial charge in [-0.1, -0.05) is 12.1 Å². The number of piperidine rings is 1. The minimum absolute atomic E-state index is 0.0841. The van der Waals surface area contributed by atoms with Crippen LogP contribution in [0.25, 0.3) is 11.0 Å². The standard InChI is InChI=1S/C26H25N5O2/c1-16-7-12-24(30-29-16)33-23-6-2-4-17-9-11-22-19(25(17)23)5-3-13-31(22)26(32)18-8-10-20-21(14-18)28-15-27-20/h2,4,6-8,10,12,14-15,19,22H,3,5,9,11,13H2,1H3,(H,27,28)/t19-,22-/m1/s1. The highest BCUT2D eigenvalue weighted by atomic mass is 16.5. The Labute approximate surface area is 191 Å². The zero-order valence-electron chi connectivity index (χ0n) is 18.5. The van der Waals surface area contributed by atoms with Crippen LogP contribution in [-0.4, -0.2) is 43.6 Å². The molecule has 0 saturated carbocycles. The van der Waals surface area contributed by atoms with Gasteiger partial charge in [0.25, 0.3) is 5.91 Å². The Balaban J connectivity index is 1.32. The molecule has 2 aromatic heterocycles. The number of fused-ring (bicyclic) bond motifs is 4. The van der Waals surface area contributed by atoms with E-state index in [-0.39, 0.29) is 17.9 Å². The minimum Gasteiger partial charge on any atom is -0.437 e. The van der Waals surface area contributed by atoms with E-state index in [1.165, 1.54) is 11.1 Å². The summed E-state index contributed by atoms with van der Waals surface area (Å²) in [6.07, 6.45) is 5.56. The lowest BCUT2D eigenvalue weighted by Crippen LogP contribution is -2.49. The molecule has 33 heavy (non-hydrogen) atoms. The molecule has 0 radical (unpaired) electrons. The zero-order chi connectivity index (χ0) is 22.4. The summed E-state index contributed by atoms with van der Waals surface area (Å²) < 4.78 is 6.21. The fourth-order valence-electron chi connectivity index (χ4n) is 5.41. The molecular formula is C26H25N5O2. The summed E-state index contributed by atoms with van der Waals surface area (Å²) in [5.74, 6) is 1.65. The normalized spacial score (nSPS) is 19.7. The number of nitrogens with one attached hydrogen (secondary N) is 1. The molecule has 1 saturated heterocycles. The van der Waals surface area contributed by atoms with Crippen molar-refractivity contribution in [2.24, 2.45) is 0 Å². The van der Waals surface area contributed by atoms with Crippen molar-refractivity contribution in [1.82, 2.24) is 25.1 Å². The summed E-state index contributed by atoms with van der Waals surface area (Å²) in [6, 6.07) is 15.9. The molecule has 1 N–H and O–H groups in total. The van der Waals surface area contributed by atoms with Gasteiger partial charge < -0.3 is 14.6 Å². The number of H-pyrrole nitrogens is 1. The van der Waals surface area contributed by atoms with E-state index >= 15 is 0 Å². The van der Waals surface area contributed by atoms with E-state index < -0.39 is 0 Å². The number of aromatic amines is 1. The van der Waals surface area contributed by atoms with Crippen molar-refractivity contribution in [1.29, 1.82) is 0 Å². The average Bonchev–Trinajstić information content (AvgIpc) is 3.32. The number of hydrogen-bond donors (Lipinski definition) is 1. The van der Waals surface area contributed by atoms with Gasteiger partial charge in [-0.15, -0.1) is 5.10 Å². The minimum atomic E-state index is 0.0841. The highest BCUT2D eigenvalue weighted by molar-refractivity contribution is 5.97. The highest BCUT2D eigenvalue weighted by Gasteiger charge is 2.40. The number of carbonyl (C=O) groups excluding carboxylic acids is 1. The Hall–Kier alpha value is -3.74. The predicted molar refractivity (Wildman–Crippen MR) is 124 cm³/mol. The van der Waals surface area contributed by atoms with Crippen molar-refractivity contribution < 1.29 is 9.53 Å². The number of nitrogens with zero attached hydrogens (tertiary/aromatic N) is 4. The van der Waals surface area contributed by atoms with Gasteiger partial charge in [-0.2, -0.15) is 5.10 Å². The monoisotopic (exact) mass is 439 g/mol. The van der Waals surface area contributed by atoms with Crippen molar-refractivity contribution in [2.75, 3.05) is 6.54 Å². The fraction of sp³-hybridized carbons (Fsp3) is 0.308. The third-order valence-electron chi connectivity index (χ3n) is 6.93. The number of benzene rings is 2. The second-order valence-corrected chi connectivity index (χ2v) is 8.93. The van der Waals surface area contributed by atoms with Gasteiger partial charge in [-0.3, -0.25) is 4.79 Å². The number of hydrogen-bond acceptors (Lipinski definition) is 5. The van der Waals surface area contributed by atoms with E-state index in [4.69, 9.17) is 4.74 Å². The SMILES string of the molecule is Cc1ccc(Oc2cccc3c2[C@@H]2CCCN(C(=O)c4ccc5[nH]cnc5c4)[C@@H]2CC3)nn1. The fourth-order valence-corrected chi connectivity index (χ4v) is 5.41. The van der Waals surface area contributed by atoms with Crippen molar-refractivity contribution in [3.63, 3.8) is 0 Å². The molecule has 2 aromatic carbocycles. The van der Waals surface area contributed by atoms with Crippen LogP contribution in [0.15, 0.2) is 54.9 Å². The lowest BCUT2D eigenvalue weighted by molar-refractivity contribution is 0.0544. The van der Waals surface area contributed by atoms with Crippen LogP contribution in [0.5, 0.6) is 11.6 Å². The molecule has 0 spiro atoms. The first-order chi connectivity index (χ1) is 16.2. The van der Waals surface area contributed by atoms with Crippen LogP contribution < -0.4 is 4.74 Å². The lowest BCUT2D eigenvalue weighted by Gasteiger charge is -2.45. The Morgan fingerprint density at radius 2 is 2.06 bits per heavy atom. The zero-order valence-corrected chi connectivity index (χ0v) is 18.5. The van der Waals surface area contributed by atoms with Crippen LogP contribution in [0, 0.1) is 6.92 Å². The van der Waals surface area contributed by atoms with Gasteiger partial charge in [-0.25, -0.2) is 4.98 Å². The average molecular weight is 440 g/mol. The molecule has 7 heteroatoms. The number of carbonyl (C=O) groups is 1. The molecule has 4 aromatic rings. The molecule has 3 heterocycles. The quantitative estimate of drug-likeness (QED) is 0.496. The molecule has 1 aliphatic carbocycles. The van der Waals surface area contributed by atoms with Crippen molar-refractivity contribution in [3.8, 4) is 11.6 Å². The van der Waals surface area contributed by atoms with E-state index in [1.54, 1.807) is 6.33 Å². The number of aryl methyl sites for hydroxylation is 2. The number of rotatable bonds is 3. The first-order valence-corrected chi connectivity index (χ1v) is 11.5. The van der Waals surface area contributed by atoms with Crippen LogP contribution >= 0.6 is 0 Å². The highest BCUT2D eigenvalue weighted by Crippen LogP contribution is 2.45. The van der Waals surface area contributed by atoms with Gasteiger partial charge in [0.2, 0.25) is 5.88 Å². The second-order valence-electron chi connectivity index (χ2n) is 8.93. The summed E-state index contributed by atoms with van der Waals surface area (Å²) in [7, 11) is 0. The van der Waals surface area contributed by atoms with E-state index in [9.17, 15) is 4.79 Å². The van der Waals surface area contributed by atoms with Crippen LogP contribution in [0.2, 0.25) is 0 Å². The Bertz CT molecular complexity index is 1330. The summed E-state index contributed by atoms with van der Waals surface area (Å²) in [5, 5.41) is 8.30. The van der Waals surface area contributed by atoms with Crippen LogP contribution in [0.3, 0.4) is 0 Å². The molecule has 1 fully saturated rings. The first kappa shape index (κ1) is 19.9. The third kappa shape index (κ3) is 3.53. The first-order valence-electron chi connectivity index (χ1n) is 11.5. The van der Waals surface area contributed by atoms with Gasteiger partial charge in [0.15, 0.2) is 0 Å². The molecular weight excluding hydrogens is 414 g/mol. The Morgan fingerprint density at radius 3 is 2.94 bits per heavy atom. The maximum Gasteiger partial charge on any atom is 0.254 e. The van der Waals surface area contributed by atoms with E-state index in [1.807, 2.05) is 49.4 Å². The van der Waals surface area contributed by atoms with E-state index in [0.29, 0.717) is 11.4 Å². The summed E-state index contributed by atoms with van der Waals surface area (Å²) in [5.41, 5.74) is 5.83. The summed E-state index contributed by atoms with van der Waals surface area (Å²) in [6.45, 7) is 2.68. The molecule has 1 aliphatic heterocycles. The topological polar surface area (TPSA) is 84.0 Å². The molecule has 2 atom stereocenters. The second kappa shape index (κ2) is 7.99. The number of imidazole rings is 1. The Morgan fingerprint density at radius 1 is 1.12 bits per heavy atom. The van der Waals surface area contributed by atoms with E-state index in [0.717, 1.165) is 54.7 Å². The van der Waals surface area contributed by atoms with Crippen LogP contribution in [-0.2, 0) is 6.42 Å². The molecule has 0 bridgehead atoms. The van der Waals surface area contributed by atoms with Crippen molar-refractivity contribution in [3.05, 3.63) is 77.2 Å². The number of aromatic nitrogens is 4. The summed E-state index contributed by atoms with van der Waals surface area (Å²) in [4.78, 5) is 23.1. The van der Waals surface area contributed by atoms with Gasteiger partial charge >= 0.3 is 0 Å². The van der Waals surface area contributed by atoms with Crippen LogP contribution in [0.4, 0.5) is 0 Å². The van der Waals surface area contributed by atoms with Crippen LogP contribution in [0.1, 0.15) is 52.4 Å².